The molecular formula is C18H21N3O3. The van der Waals surface area contributed by atoms with Gasteiger partial charge in [0, 0.05) is 25.4 Å². The predicted octanol–water partition coefficient (Wildman–Crippen LogP) is 1.87. The Labute approximate surface area is 140 Å². The van der Waals surface area contributed by atoms with Crippen LogP contribution in [0.25, 0.3) is 5.65 Å². The van der Waals surface area contributed by atoms with Crippen LogP contribution in [0.3, 0.4) is 0 Å². The van der Waals surface area contributed by atoms with Gasteiger partial charge in [0.1, 0.15) is 11.2 Å². The minimum atomic E-state index is -0.537. The van der Waals surface area contributed by atoms with Gasteiger partial charge < -0.3 is 14.5 Å². The lowest BCUT2D eigenvalue weighted by atomic mass is 9.85. The summed E-state index contributed by atoms with van der Waals surface area (Å²) in [6, 6.07) is 5.86. The minimum Gasteiger partial charge on any atom is -0.458 e. The second-order valence-electron chi connectivity index (χ2n) is 6.74. The van der Waals surface area contributed by atoms with E-state index in [2.05, 4.69) is 10.3 Å². The van der Waals surface area contributed by atoms with Crippen molar-refractivity contribution in [1.82, 2.24) is 14.7 Å². The van der Waals surface area contributed by atoms with Crippen molar-refractivity contribution in [3.63, 3.8) is 0 Å². The van der Waals surface area contributed by atoms with E-state index in [1.807, 2.05) is 35.0 Å². The Balaban J connectivity index is 1.37. The largest absolute Gasteiger partial charge is 0.458 e. The average Bonchev–Trinajstić information content (AvgIpc) is 3.26. The summed E-state index contributed by atoms with van der Waals surface area (Å²) in [5.41, 5.74) is 1.30. The normalized spacial score (nSPS) is 22.2. The fourth-order valence-electron chi connectivity index (χ4n) is 3.99. The Bertz CT molecular complexity index is 744. The van der Waals surface area contributed by atoms with Gasteiger partial charge in [-0.2, -0.15) is 0 Å². The van der Waals surface area contributed by atoms with Gasteiger partial charge in [0.2, 0.25) is 5.91 Å². The highest BCUT2D eigenvalue weighted by molar-refractivity contribution is 5.87. The molecular weight excluding hydrogens is 306 g/mol. The number of carbonyl (C=O) groups is 2. The average molecular weight is 327 g/mol. The lowest BCUT2D eigenvalue weighted by Crippen LogP contribution is -2.43. The topological polar surface area (TPSA) is 72.7 Å². The first kappa shape index (κ1) is 15.2. The van der Waals surface area contributed by atoms with Gasteiger partial charge in [0.15, 0.2) is 0 Å². The summed E-state index contributed by atoms with van der Waals surface area (Å²) in [4.78, 5) is 28.8. The molecule has 2 fully saturated rings. The number of aromatic nitrogens is 2. The molecule has 2 aliphatic rings. The fraction of sp³-hybridized carbons (Fsp3) is 0.500. The zero-order valence-corrected chi connectivity index (χ0v) is 13.5. The van der Waals surface area contributed by atoms with Crippen LogP contribution >= 0.6 is 0 Å². The molecule has 0 aromatic carbocycles. The molecule has 1 saturated carbocycles. The molecule has 1 amide bonds. The highest BCUT2D eigenvalue weighted by Gasteiger charge is 2.53. The van der Waals surface area contributed by atoms with E-state index in [0.29, 0.717) is 13.0 Å². The maximum atomic E-state index is 12.5. The van der Waals surface area contributed by atoms with Crippen molar-refractivity contribution in [2.45, 2.75) is 44.1 Å². The number of nitrogens with one attached hydrogen (secondary N) is 1. The van der Waals surface area contributed by atoms with Crippen LogP contribution in [0.4, 0.5) is 0 Å². The van der Waals surface area contributed by atoms with E-state index >= 15 is 0 Å². The van der Waals surface area contributed by atoms with Crippen LogP contribution in [-0.2, 0) is 20.7 Å². The maximum absolute atomic E-state index is 12.5. The maximum Gasteiger partial charge on any atom is 0.307 e. The standard InChI is InChI=1S/C18H21N3O3/c22-16-11-14(18(24-16)7-2-3-8-18)17(23)19-9-6-13-12-21-10-4-1-5-15(21)20-13/h1,4-5,10,12,14H,2-3,6-9,11H2,(H,19,23)/t14-/m0/s1. The van der Waals surface area contributed by atoms with E-state index in [1.165, 1.54) is 0 Å². The first-order valence-electron chi connectivity index (χ1n) is 8.58. The molecule has 4 rings (SSSR count). The molecule has 1 aliphatic carbocycles. The van der Waals surface area contributed by atoms with E-state index in [0.717, 1.165) is 37.0 Å². The number of hydrogen-bond donors (Lipinski definition) is 1. The predicted molar refractivity (Wildman–Crippen MR) is 87.3 cm³/mol. The van der Waals surface area contributed by atoms with Gasteiger partial charge in [-0.15, -0.1) is 0 Å². The van der Waals surface area contributed by atoms with Crippen molar-refractivity contribution in [3.05, 3.63) is 36.3 Å². The molecule has 3 heterocycles. The third kappa shape index (κ3) is 2.66. The summed E-state index contributed by atoms with van der Waals surface area (Å²) >= 11 is 0. The number of pyridine rings is 1. The van der Waals surface area contributed by atoms with Gasteiger partial charge in [-0.25, -0.2) is 4.98 Å². The van der Waals surface area contributed by atoms with Crippen LogP contribution in [-0.4, -0.2) is 33.4 Å². The molecule has 1 spiro atoms. The monoisotopic (exact) mass is 327 g/mol. The smallest absolute Gasteiger partial charge is 0.307 e. The van der Waals surface area contributed by atoms with Crippen molar-refractivity contribution >= 4 is 17.5 Å². The third-order valence-corrected chi connectivity index (χ3v) is 5.18. The Hall–Kier alpha value is -2.37. The molecule has 126 valence electrons. The fourth-order valence-corrected chi connectivity index (χ4v) is 3.99. The summed E-state index contributed by atoms with van der Waals surface area (Å²) in [5.74, 6) is -0.641. The lowest BCUT2D eigenvalue weighted by molar-refractivity contribution is -0.149. The highest BCUT2D eigenvalue weighted by Crippen LogP contribution is 2.45. The zero-order valence-electron chi connectivity index (χ0n) is 13.5. The minimum absolute atomic E-state index is 0.0634. The van der Waals surface area contributed by atoms with Gasteiger partial charge in [0.25, 0.3) is 0 Å². The Morgan fingerprint density at radius 3 is 3.00 bits per heavy atom. The van der Waals surface area contributed by atoms with Gasteiger partial charge >= 0.3 is 5.97 Å². The molecule has 1 saturated heterocycles. The van der Waals surface area contributed by atoms with Gasteiger partial charge in [-0.1, -0.05) is 6.07 Å². The van der Waals surface area contributed by atoms with Crippen molar-refractivity contribution in [1.29, 1.82) is 0 Å². The Kier molecular flexibility index (Phi) is 3.75. The molecule has 0 unspecified atom stereocenters. The Morgan fingerprint density at radius 1 is 1.38 bits per heavy atom. The van der Waals surface area contributed by atoms with Crippen LogP contribution in [0.1, 0.15) is 37.8 Å². The van der Waals surface area contributed by atoms with Crippen LogP contribution in [0.15, 0.2) is 30.6 Å². The SMILES string of the molecule is O=C1C[C@@H](C(=O)NCCc2cn3ccccc3n2)C2(CCCC2)O1. The summed E-state index contributed by atoms with van der Waals surface area (Å²) in [6.07, 6.45) is 8.48. The molecule has 0 radical (unpaired) electrons. The first-order valence-corrected chi connectivity index (χ1v) is 8.58. The number of hydrogen-bond acceptors (Lipinski definition) is 4. The summed E-state index contributed by atoms with van der Waals surface area (Å²) < 4.78 is 7.50. The van der Waals surface area contributed by atoms with Crippen molar-refractivity contribution in [2.75, 3.05) is 6.54 Å². The molecule has 2 aromatic rings. The summed E-state index contributed by atoms with van der Waals surface area (Å²) in [6.45, 7) is 0.517. The molecule has 1 N–H and O–H groups in total. The van der Waals surface area contributed by atoms with Crippen molar-refractivity contribution in [3.8, 4) is 0 Å². The van der Waals surface area contributed by atoms with Crippen molar-refractivity contribution in [2.24, 2.45) is 5.92 Å². The number of ether oxygens (including phenoxy) is 1. The van der Waals surface area contributed by atoms with E-state index in [1.54, 1.807) is 0 Å². The number of imidazole rings is 1. The number of amides is 1. The number of nitrogens with zero attached hydrogens (tertiary/aromatic N) is 2. The number of fused-ring (bicyclic) bond motifs is 1. The van der Waals surface area contributed by atoms with E-state index < -0.39 is 5.60 Å². The second-order valence-corrected chi connectivity index (χ2v) is 6.74. The van der Waals surface area contributed by atoms with Crippen LogP contribution in [0, 0.1) is 5.92 Å². The summed E-state index contributed by atoms with van der Waals surface area (Å²) in [5, 5.41) is 2.97. The Morgan fingerprint density at radius 2 is 2.21 bits per heavy atom. The lowest BCUT2D eigenvalue weighted by Gasteiger charge is -2.27. The van der Waals surface area contributed by atoms with Gasteiger partial charge in [-0.3, -0.25) is 9.59 Å². The molecule has 6 heteroatoms. The molecule has 0 bridgehead atoms. The van der Waals surface area contributed by atoms with E-state index in [4.69, 9.17) is 4.74 Å². The van der Waals surface area contributed by atoms with Crippen molar-refractivity contribution < 1.29 is 14.3 Å². The van der Waals surface area contributed by atoms with Crippen LogP contribution in [0.5, 0.6) is 0 Å². The zero-order chi connectivity index (χ0) is 16.6. The van der Waals surface area contributed by atoms with Crippen LogP contribution in [0.2, 0.25) is 0 Å². The van der Waals surface area contributed by atoms with Gasteiger partial charge in [0.05, 0.1) is 18.0 Å². The van der Waals surface area contributed by atoms with Gasteiger partial charge in [-0.05, 0) is 37.8 Å². The number of esters is 1. The molecule has 1 aliphatic heterocycles. The summed E-state index contributed by atoms with van der Waals surface area (Å²) in [7, 11) is 0. The molecule has 24 heavy (non-hydrogen) atoms. The number of carbonyl (C=O) groups excluding carboxylic acids is 2. The molecule has 6 nitrogen and oxygen atoms in total. The quantitative estimate of drug-likeness (QED) is 0.870. The first-order chi connectivity index (χ1) is 11.7. The van der Waals surface area contributed by atoms with Crippen LogP contribution < -0.4 is 5.32 Å². The molecule has 1 atom stereocenters. The van der Waals surface area contributed by atoms with E-state index in [-0.39, 0.29) is 24.2 Å². The number of rotatable bonds is 4. The van der Waals surface area contributed by atoms with E-state index in [9.17, 15) is 9.59 Å². The third-order valence-electron chi connectivity index (χ3n) is 5.18. The second kappa shape index (κ2) is 5.92. The molecule has 2 aromatic heterocycles. The highest BCUT2D eigenvalue weighted by atomic mass is 16.6.